The van der Waals surface area contributed by atoms with E-state index in [1.807, 2.05) is 24.3 Å². The molecule has 2 aromatic rings. The Bertz CT molecular complexity index is 567. The zero-order valence-electron chi connectivity index (χ0n) is 7.89. The van der Waals surface area contributed by atoms with Crippen molar-refractivity contribution in [1.29, 1.82) is 5.26 Å². The lowest BCUT2D eigenvalue weighted by Crippen LogP contribution is -1.76. The molecule has 1 N–H and O–H groups in total. The van der Waals surface area contributed by atoms with Gasteiger partial charge in [-0.2, -0.15) is 5.26 Å². The summed E-state index contributed by atoms with van der Waals surface area (Å²) in [4.78, 5) is 2.95. The maximum atomic E-state index is 8.89. The van der Waals surface area contributed by atoms with Gasteiger partial charge in [0.1, 0.15) is 11.8 Å². The van der Waals surface area contributed by atoms with E-state index in [9.17, 15) is 0 Å². The van der Waals surface area contributed by atoms with Crippen LogP contribution in [0.15, 0.2) is 33.3 Å². The van der Waals surface area contributed by atoms with E-state index in [1.165, 1.54) is 0 Å². The molecule has 2 rings (SSSR count). The fourth-order valence-corrected chi connectivity index (χ4v) is 3.03. The molecular formula is C11H5Br2ClN2. The molecule has 0 spiro atoms. The summed E-state index contributed by atoms with van der Waals surface area (Å²) < 4.78 is 1.53. The van der Waals surface area contributed by atoms with Crippen LogP contribution in [0.1, 0.15) is 5.69 Å². The zero-order chi connectivity index (χ0) is 11.7. The van der Waals surface area contributed by atoms with Crippen molar-refractivity contribution in [3.05, 3.63) is 44.1 Å². The van der Waals surface area contributed by atoms with Gasteiger partial charge in [-0.1, -0.05) is 23.7 Å². The molecule has 0 saturated heterocycles. The molecule has 1 aromatic carbocycles. The van der Waals surface area contributed by atoms with Gasteiger partial charge < -0.3 is 4.98 Å². The minimum Gasteiger partial charge on any atom is -0.340 e. The van der Waals surface area contributed by atoms with Crippen molar-refractivity contribution in [2.75, 3.05) is 0 Å². The van der Waals surface area contributed by atoms with Crippen molar-refractivity contribution in [3.63, 3.8) is 0 Å². The van der Waals surface area contributed by atoms with Crippen molar-refractivity contribution in [2.24, 2.45) is 0 Å². The summed E-state index contributed by atoms with van der Waals surface area (Å²) in [5.74, 6) is 0. The number of H-pyrrole nitrogens is 1. The molecule has 0 bridgehead atoms. The van der Waals surface area contributed by atoms with Crippen molar-refractivity contribution < 1.29 is 0 Å². The Labute approximate surface area is 114 Å². The molecule has 16 heavy (non-hydrogen) atoms. The number of aromatic amines is 1. The van der Waals surface area contributed by atoms with Gasteiger partial charge >= 0.3 is 0 Å². The number of benzene rings is 1. The van der Waals surface area contributed by atoms with Crippen LogP contribution in [0.3, 0.4) is 0 Å². The number of nitrogens with zero attached hydrogens (tertiary/aromatic N) is 1. The second-order valence-corrected chi connectivity index (χ2v) is 5.14. The van der Waals surface area contributed by atoms with Crippen LogP contribution >= 0.6 is 43.5 Å². The Morgan fingerprint density at radius 3 is 2.31 bits per heavy atom. The maximum Gasteiger partial charge on any atom is 0.133 e. The molecule has 0 atom stereocenters. The number of aromatic nitrogens is 1. The Kier molecular flexibility index (Phi) is 3.38. The monoisotopic (exact) mass is 358 g/mol. The second-order valence-electron chi connectivity index (χ2n) is 3.12. The Morgan fingerprint density at radius 1 is 1.19 bits per heavy atom. The number of halogens is 3. The third kappa shape index (κ3) is 2.03. The lowest BCUT2D eigenvalue weighted by molar-refractivity contribution is 1.29. The number of nitrogens with one attached hydrogen (secondary N) is 1. The van der Waals surface area contributed by atoms with E-state index in [1.54, 1.807) is 0 Å². The summed E-state index contributed by atoms with van der Waals surface area (Å²) >= 11 is 12.6. The first kappa shape index (κ1) is 11.7. The summed E-state index contributed by atoms with van der Waals surface area (Å²) in [5, 5.41) is 9.58. The molecular weight excluding hydrogens is 355 g/mol. The summed E-state index contributed by atoms with van der Waals surface area (Å²) in [6, 6.07) is 9.52. The number of hydrogen-bond acceptors (Lipinski definition) is 1. The minimum absolute atomic E-state index is 0.497. The van der Waals surface area contributed by atoms with Gasteiger partial charge in [-0.05, 0) is 49.6 Å². The van der Waals surface area contributed by atoms with Gasteiger partial charge in [0, 0.05) is 10.6 Å². The van der Waals surface area contributed by atoms with E-state index in [0.717, 1.165) is 20.2 Å². The molecule has 0 radical (unpaired) electrons. The third-order valence-corrected chi connectivity index (χ3v) is 3.78. The number of hydrogen-bond donors (Lipinski definition) is 1. The van der Waals surface area contributed by atoms with E-state index in [4.69, 9.17) is 16.9 Å². The van der Waals surface area contributed by atoms with Crippen LogP contribution < -0.4 is 0 Å². The van der Waals surface area contributed by atoms with Gasteiger partial charge in [0.05, 0.1) is 9.08 Å². The average Bonchev–Trinajstić information content (AvgIpc) is 2.56. The van der Waals surface area contributed by atoms with E-state index in [2.05, 4.69) is 42.9 Å². The molecule has 2 nitrogen and oxygen atoms in total. The topological polar surface area (TPSA) is 39.6 Å². The van der Waals surface area contributed by atoms with Crippen molar-refractivity contribution in [2.45, 2.75) is 0 Å². The predicted molar refractivity (Wildman–Crippen MR) is 71.4 cm³/mol. The fourth-order valence-electron chi connectivity index (χ4n) is 1.40. The minimum atomic E-state index is 0.497. The molecule has 0 aliphatic carbocycles. The smallest absolute Gasteiger partial charge is 0.133 e. The van der Waals surface area contributed by atoms with Crippen LogP contribution in [0.4, 0.5) is 0 Å². The van der Waals surface area contributed by atoms with Gasteiger partial charge in [-0.25, -0.2) is 0 Å². The predicted octanol–water partition coefficient (Wildman–Crippen LogP) is 4.73. The highest BCUT2D eigenvalue weighted by molar-refractivity contribution is 9.11. The van der Waals surface area contributed by atoms with Crippen molar-refractivity contribution in [1.82, 2.24) is 4.98 Å². The largest absolute Gasteiger partial charge is 0.340 e. The zero-order valence-corrected chi connectivity index (χ0v) is 11.8. The lowest BCUT2D eigenvalue weighted by Gasteiger charge is -2.00. The van der Waals surface area contributed by atoms with Crippen LogP contribution in [0, 0.1) is 11.3 Å². The maximum absolute atomic E-state index is 8.89. The Morgan fingerprint density at radius 2 is 1.81 bits per heavy atom. The first-order chi connectivity index (χ1) is 7.63. The van der Waals surface area contributed by atoms with Crippen molar-refractivity contribution >= 4 is 43.5 Å². The summed E-state index contributed by atoms with van der Waals surface area (Å²) in [5.41, 5.74) is 2.41. The molecule has 0 amide bonds. The summed E-state index contributed by atoms with van der Waals surface area (Å²) in [7, 11) is 0. The number of nitriles is 1. The van der Waals surface area contributed by atoms with E-state index in [-0.39, 0.29) is 0 Å². The normalized spacial score (nSPS) is 10.1. The van der Waals surface area contributed by atoms with Crippen molar-refractivity contribution in [3.8, 4) is 17.2 Å². The Balaban J connectivity index is 2.61. The molecule has 5 heteroatoms. The van der Waals surface area contributed by atoms with E-state index >= 15 is 0 Å². The first-order valence-corrected chi connectivity index (χ1v) is 6.33. The third-order valence-electron chi connectivity index (χ3n) is 2.14. The average molecular weight is 360 g/mol. The molecule has 0 saturated carbocycles. The van der Waals surface area contributed by atoms with Gasteiger partial charge in [0.25, 0.3) is 0 Å². The van der Waals surface area contributed by atoms with Gasteiger partial charge in [-0.3, -0.25) is 0 Å². The van der Waals surface area contributed by atoms with Crippen LogP contribution in [0.25, 0.3) is 11.1 Å². The standard InChI is InChI=1S/C11H5Br2ClN2/c12-10-8(5-15)16-11(13)9(10)6-1-3-7(14)4-2-6/h1-4,16H. The van der Waals surface area contributed by atoms with Crippen LogP contribution in [0.5, 0.6) is 0 Å². The highest BCUT2D eigenvalue weighted by Gasteiger charge is 2.15. The highest BCUT2D eigenvalue weighted by Crippen LogP contribution is 2.37. The SMILES string of the molecule is N#Cc1[nH]c(Br)c(-c2ccc(Cl)cc2)c1Br. The molecule has 1 heterocycles. The highest BCUT2D eigenvalue weighted by atomic mass is 79.9. The Hall–Kier alpha value is -0.760. The number of rotatable bonds is 1. The molecule has 80 valence electrons. The first-order valence-electron chi connectivity index (χ1n) is 4.36. The fraction of sp³-hybridized carbons (Fsp3) is 0. The molecule has 0 aliphatic heterocycles. The van der Waals surface area contributed by atoms with Crippen LogP contribution in [0.2, 0.25) is 5.02 Å². The lowest BCUT2D eigenvalue weighted by atomic mass is 10.1. The molecule has 1 aromatic heterocycles. The van der Waals surface area contributed by atoms with E-state index < -0.39 is 0 Å². The molecule has 0 fully saturated rings. The van der Waals surface area contributed by atoms with E-state index in [0.29, 0.717) is 10.7 Å². The summed E-state index contributed by atoms with van der Waals surface area (Å²) in [6.07, 6.45) is 0. The summed E-state index contributed by atoms with van der Waals surface area (Å²) in [6.45, 7) is 0. The van der Waals surface area contributed by atoms with Crippen LogP contribution in [-0.4, -0.2) is 4.98 Å². The quantitative estimate of drug-likeness (QED) is 0.784. The van der Waals surface area contributed by atoms with Crippen LogP contribution in [-0.2, 0) is 0 Å². The molecule has 0 unspecified atom stereocenters. The second kappa shape index (κ2) is 4.62. The van der Waals surface area contributed by atoms with Gasteiger partial charge in [0.2, 0.25) is 0 Å². The molecule has 0 aliphatic rings. The van der Waals surface area contributed by atoms with Gasteiger partial charge in [0.15, 0.2) is 0 Å². The van der Waals surface area contributed by atoms with Gasteiger partial charge in [-0.15, -0.1) is 0 Å².